The van der Waals surface area contributed by atoms with Gasteiger partial charge in [-0.25, -0.2) is 0 Å². The second-order valence-corrected chi connectivity index (χ2v) is 21.5. The number of esters is 2. The molecule has 0 spiro atoms. The lowest BCUT2D eigenvalue weighted by Gasteiger charge is -2.15. The molecule has 412 valence electrons. The highest BCUT2D eigenvalue weighted by Gasteiger charge is 2.16. The summed E-state index contributed by atoms with van der Waals surface area (Å²) in [5.74, 6) is -0.589. The Labute approximate surface area is 437 Å². The molecule has 1 N–H and O–H groups in total. The first-order valence-corrected chi connectivity index (χ1v) is 31.5. The number of hydrogen-bond donors (Lipinski definition) is 1. The van der Waals surface area contributed by atoms with Gasteiger partial charge in [-0.15, -0.1) is 0 Å². The van der Waals surface area contributed by atoms with Crippen molar-refractivity contribution in [3.63, 3.8) is 0 Å². The van der Waals surface area contributed by atoms with E-state index in [4.69, 9.17) is 9.47 Å². The molecule has 0 bridgehead atoms. The van der Waals surface area contributed by atoms with Gasteiger partial charge in [-0.3, -0.25) is 9.59 Å². The molecule has 5 heteroatoms. The molecular formula is C65H122O5. The molecule has 0 fully saturated rings. The Balaban J connectivity index is 3.38. The molecule has 0 saturated heterocycles. The van der Waals surface area contributed by atoms with Crippen LogP contribution in [0.15, 0.2) is 36.5 Å². The van der Waals surface area contributed by atoms with E-state index in [1.807, 2.05) is 0 Å². The molecule has 0 aromatic rings. The van der Waals surface area contributed by atoms with Crippen molar-refractivity contribution in [1.82, 2.24) is 0 Å². The van der Waals surface area contributed by atoms with E-state index in [1.165, 1.54) is 263 Å². The average Bonchev–Trinajstić information content (AvgIpc) is 3.36. The second-order valence-electron chi connectivity index (χ2n) is 21.5. The van der Waals surface area contributed by atoms with Gasteiger partial charge >= 0.3 is 11.9 Å². The third kappa shape index (κ3) is 58.7. The van der Waals surface area contributed by atoms with Crippen LogP contribution in [0.5, 0.6) is 0 Å². The van der Waals surface area contributed by atoms with Crippen molar-refractivity contribution in [1.29, 1.82) is 0 Å². The summed E-state index contributed by atoms with van der Waals surface area (Å²) >= 11 is 0. The summed E-state index contributed by atoms with van der Waals surface area (Å²) in [6, 6.07) is 0. The van der Waals surface area contributed by atoms with Crippen molar-refractivity contribution in [2.24, 2.45) is 0 Å². The van der Waals surface area contributed by atoms with E-state index < -0.39 is 6.10 Å². The standard InChI is InChI=1S/C65H122O5/c1-3-5-7-9-11-13-15-17-19-21-23-24-25-26-27-28-29-30-31-32-33-34-35-36-37-38-39-40-42-43-45-47-49-51-53-55-57-59-64(67)69-62-63(61-66)70-65(68)60-58-56-54-52-50-48-46-44-41-22-20-18-16-14-12-10-8-6-4-2/h12,14,18,20,41,44,63,66H,3-11,13,15-17,19,21-40,42-43,45-62H2,1-2H3/b14-12-,20-18-,44-41-. The number of hydrogen-bond acceptors (Lipinski definition) is 5. The third-order valence-corrected chi connectivity index (χ3v) is 14.4. The number of allylic oxidation sites excluding steroid dienone is 6. The molecule has 1 atom stereocenters. The Bertz CT molecular complexity index is 1110. The van der Waals surface area contributed by atoms with Gasteiger partial charge in [0.2, 0.25) is 0 Å². The Morgan fingerprint density at radius 2 is 0.571 bits per heavy atom. The van der Waals surface area contributed by atoms with Crippen LogP contribution >= 0.6 is 0 Å². The molecule has 0 aromatic carbocycles. The predicted molar refractivity (Wildman–Crippen MR) is 307 cm³/mol. The quantitative estimate of drug-likeness (QED) is 0.0373. The van der Waals surface area contributed by atoms with Gasteiger partial charge in [-0.1, -0.05) is 320 Å². The lowest BCUT2D eigenvalue weighted by atomic mass is 10.0. The summed E-state index contributed by atoms with van der Waals surface area (Å²) in [6.45, 7) is 4.15. The Kier molecular flexibility index (Phi) is 59.8. The van der Waals surface area contributed by atoms with E-state index in [9.17, 15) is 14.7 Å². The zero-order valence-electron chi connectivity index (χ0n) is 47.3. The molecule has 0 amide bonds. The van der Waals surface area contributed by atoms with Crippen LogP contribution in [-0.4, -0.2) is 36.4 Å². The summed E-state index contributed by atoms with van der Waals surface area (Å²) in [5.41, 5.74) is 0. The molecule has 1 unspecified atom stereocenters. The number of carbonyl (C=O) groups excluding carboxylic acids is 2. The Morgan fingerprint density at radius 1 is 0.329 bits per heavy atom. The van der Waals surface area contributed by atoms with Crippen molar-refractivity contribution >= 4 is 11.9 Å². The number of unbranched alkanes of at least 4 members (excludes halogenated alkanes) is 45. The second kappa shape index (κ2) is 61.4. The van der Waals surface area contributed by atoms with E-state index in [2.05, 4.69) is 50.3 Å². The van der Waals surface area contributed by atoms with Crippen LogP contribution in [0.25, 0.3) is 0 Å². The van der Waals surface area contributed by atoms with E-state index in [0.717, 1.165) is 57.8 Å². The van der Waals surface area contributed by atoms with Gasteiger partial charge in [-0.2, -0.15) is 0 Å². The lowest BCUT2D eigenvalue weighted by molar-refractivity contribution is -0.161. The Morgan fingerprint density at radius 3 is 0.886 bits per heavy atom. The number of carbonyl (C=O) groups is 2. The highest BCUT2D eigenvalue weighted by Crippen LogP contribution is 2.18. The molecule has 0 aliphatic heterocycles. The van der Waals surface area contributed by atoms with E-state index in [-0.39, 0.29) is 25.2 Å². The largest absolute Gasteiger partial charge is 0.462 e. The lowest BCUT2D eigenvalue weighted by Crippen LogP contribution is -2.28. The van der Waals surface area contributed by atoms with Crippen molar-refractivity contribution in [2.75, 3.05) is 13.2 Å². The van der Waals surface area contributed by atoms with E-state index in [1.54, 1.807) is 0 Å². The first-order valence-electron chi connectivity index (χ1n) is 31.5. The summed E-state index contributed by atoms with van der Waals surface area (Å²) in [5, 5.41) is 9.65. The molecule has 0 heterocycles. The number of rotatable bonds is 59. The highest BCUT2D eigenvalue weighted by atomic mass is 16.6. The predicted octanol–water partition coefficient (Wildman–Crippen LogP) is 21.4. The molecule has 0 radical (unpaired) electrons. The summed E-state index contributed by atoms with van der Waals surface area (Å²) < 4.78 is 10.7. The van der Waals surface area contributed by atoms with E-state index in [0.29, 0.717) is 12.8 Å². The van der Waals surface area contributed by atoms with Gasteiger partial charge in [0.15, 0.2) is 6.10 Å². The third-order valence-electron chi connectivity index (χ3n) is 14.4. The van der Waals surface area contributed by atoms with Crippen LogP contribution < -0.4 is 0 Å². The van der Waals surface area contributed by atoms with Gasteiger partial charge in [0, 0.05) is 12.8 Å². The van der Waals surface area contributed by atoms with Crippen LogP contribution in [0.2, 0.25) is 0 Å². The minimum absolute atomic E-state index is 0.0674. The molecule has 0 aliphatic carbocycles. The number of aliphatic hydroxyl groups excluding tert-OH is 1. The summed E-state index contributed by atoms with van der Waals surface area (Å²) in [6.07, 6.45) is 80.2. The normalized spacial score (nSPS) is 12.3. The minimum atomic E-state index is -0.778. The maximum Gasteiger partial charge on any atom is 0.306 e. The summed E-state index contributed by atoms with van der Waals surface area (Å²) in [7, 11) is 0. The van der Waals surface area contributed by atoms with Crippen LogP contribution in [0.3, 0.4) is 0 Å². The molecule has 0 aromatic heterocycles. The fraction of sp³-hybridized carbons (Fsp3) is 0.877. The Hall–Kier alpha value is -1.88. The molecule has 0 aliphatic rings. The number of ether oxygens (including phenoxy) is 2. The average molecular weight is 984 g/mol. The van der Waals surface area contributed by atoms with Gasteiger partial charge in [0.1, 0.15) is 6.61 Å². The molecule has 0 rings (SSSR count). The van der Waals surface area contributed by atoms with Crippen LogP contribution in [0.4, 0.5) is 0 Å². The smallest absolute Gasteiger partial charge is 0.306 e. The fourth-order valence-corrected chi connectivity index (χ4v) is 9.69. The maximum absolute atomic E-state index is 12.3. The van der Waals surface area contributed by atoms with Crippen molar-refractivity contribution in [3.05, 3.63) is 36.5 Å². The monoisotopic (exact) mass is 983 g/mol. The molecular weight excluding hydrogens is 861 g/mol. The zero-order chi connectivity index (χ0) is 50.6. The SMILES string of the molecule is CCCCC/C=C\C/C=C\C/C=C\CCCCCCCCC(=O)OC(CO)COC(=O)CCCCCCCCCCCCCCCCCCCCCCCCCCCCCCCCCCCCCCC. The highest BCUT2D eigenvalue weighted by molar-refractivity contribution is 5.70. The van der Waals surface area contributed by atoms with Crippen molar-refractivity contribution < 1.29 is 24.2 Å². The maximum atomic E-state index is 12.3. The van der Waals surface area contributed by atoms with Crippen LogP contribution in [0, 0.1) is 0 Å². The number of aliphatic hydroxyl groups is 1. The van der Waals surface area contributed by atoms with Crippen molar-refractivity contribution in [3.8, 4) is 0 Å². The zero-order valence-corrected chi connectivity index (χ0v) is 47.3. The van der Waals surface area contributed by atoms with Crippen LogP contribution in [0.1, 0.15) is 348 Å². The first kappa shape index (κ1) is 68.1. The minimum Gasteiger partial charge on any atom is -0.462 e. The van der Waals surface area contributed by atoms with Gasteiger partial charge in [-0.05, 0) is 51.4 Å². The van der Waals surface area contributed by atoms with Crippen LogP contribution in [-0.2, 0) is 19.1 Å². The van der Waals surface area contributed by atoms with E-state index >= 15 is 0 Å². The topological polar surface area (TPSA) is 72.8 Å². The molecule has 70 heavy (non-hydrogen) atoms. The van der Waals surface area contributed by atoms with Gasteiger partial charge in [0.05, 0.1) is 6.61 Å². The van der Waals surface area contributed by atoms with Crippen molar-refractivity contribution in [2.45, 2.75) is 354 Å². The van der Waals surface area contributed by atoms with Gasteiger partial charge in [0.25, 0.3) is 0 Å². The van der Waals surface area contributed by atoms with Gasteiger partial charge < -0.3 is 14.6 Å². The molecule has 5 nitrogen and oxygen atoms in total. The fourth-order valence-electron chi connectivity index (χ4n) is 9.69. The molecule has 0 saturated carbocycles. The summed E-state index contributed by atoms with van der Waals surface area (Å²) in [4.78, 5) is 24.5. The first-order chi connectivity index (χ1) is 34.6.